The summed E-state index contributed by atoms with van der Waals surface area (Å²) < 4.78 is 5.47. The van der Waals surface area contributed by atoms with Gasteiger partial charge in [-0.2, -0.15) is 0 Å². The maximum atomic E-state index is 12.5. The fraction of sp³-hybridized carbons (Fsp3) is 0.931. The van der Waals surface area contributed by atoms with E-state index in [1.54, 1.807) is 0 Å². The molecule has 0 aromatic rings. The molecule has 0 heterocycles. The van der Waals surface area contributed by atoms with Crippen molar-refractivity contribution in [2.24, 2.45) is 0 Å². The number of hydrogen-bond donors (Lipinski definition) is 3. The predicted molar refractivity (Wildman–Crippen MR) is 278 cm³/mol. The van der Waals surface area contributed by atoms with Crippen molar-refractivity contribution >= 4 is 11.9 Å². The monoisotopic (exact) mass is 904 g/mol. The van der Waals surface area contributed by atoms with Gasteiger partial charge in [-0.05, 0) is 51.4 Å². The molecule has 0 saturated carbocycles. The summed E-state index contributed by atoms with van der Waals surface area (Å²) in [5.41, 5.74) is 0. The first-order chi connectivity index (χ1) is 31.5. The lowest BCUT2D eigenvalue weighted by Crippen LogP contribution is -2.45. The van der Waals surface area contributed by atoms with Crippen LogP contribution in [0.5, 0.6) is 0 Å². The number of unbranched alkanes of at least 4 members (excludes halogenated alkanes) is 41. The van der Waals surface area contributed by atoms with E-state index in [0.29, 0.717) is 25.9 Å². The Morgan fingerprint density at radius 1 is 0.422 bits per heavy atom. The normalized spacial score (nSPS) is 12.6. The second-order valence-electron chi connectivity index (χ2n) is 20.0. The van der Waals surface area contributed by atoms with Crippen molar-refractivity contribution < 1.29 is 24.5 Å². The highest BCUT2D eigenvalue weighted by molar-refractivity contribution is 5.76. The molecule has 0 aromatic heterocycles. The van der Waals surface area contributed by atoms with Crippen LogP contribution in [0.1, 0.15) is 322 Å². The molecule has 0 aliphatic carbocycles. The van der Waals surface area contributed by atoms with E-state index in [0.717, 1.165) is 57.8 Å². The number of carbonyl (C=O) groups excluding carboxylic acids is 2. The molecule has 6 heteroatoms. The molecule has 3 N–H and O–H groups in total. The highest BCUT2D eigenvalue weighted by Crippen LogP contribution is 2.17. The Hall–Kier alpha value is -1.40. The lowest BCUT2D eigenvalue weighted by atomic mass is 10.0. The summed E-state index contributed by atoms with van der Waals surface area (Å²) in [6, 6.07) is -0.562. The van der Waals surface area contributed by atoms with E-state index in [1.807, 2.05) is 0 Å². The summed E-state index contributed by atoms with van der Waals surface area (Å²) in [7, 11) is 0. The molecule has 64 heavy (non-hydrogen) atoms. The lowest BCUT2D eigenvalue weighted by Gasteiger charge is -2.22. The second-order valence-corrected chi connectivity index (χ2v) is 20.0. The zero-order valence-corrected chi connectivity index (χ0v) is 43.3. The summed E-state index contributed by atoms with van der Waals surface area (Å²) in [6.45, 7) is 4.91. The summed E-state index contributed by atoms with van der Waals surface area (Å²) in [5, 5.41) is 23.3. The zero-order valence-electron chi connectivity index (χ0n) is 43.3. The van der Waals surface area contributed by atoms with Crippen molar-refractivity contribution in [3.05, 3.63) is 12.2 Å². The highest BCUT2D eigenvalue weighted by atomic mass is 16.5. The van der Waals surface area contributed by atoms with E-state index in [-0.39, 0.29) is 18.5 Å². The average molecular weight is 905 g/mol. The van der Waals surface area contributed by atoms with Crippen LogP contribution in [0.3, 0.4) is 0 Å². The number of aliphatic hydroxyl groups excluding tert-OH is 2. The van der Waals surface area contributed by atoms with Crippen molar-refractivity contribution in [2.45, 2.75) is 334 Å². The van der Waals surface area contributed by atoms with Gasteiger partial charge in [-0.3, -0.25) is 9.59 Å². The number of aliphatic hydroxyl groups is 2. The van der Waals surface area contributed by atoms with Crippen molar-refractivity contribution in [3.8, 4) is 0 Å². The first-order valence-corrected chi connectivity index (χ1v) is 28.9. The van der Waals surface area contributed by atoms with Gasteiger partial charge >= 0.3 is 5.97 Å². The molecule has 0 rings (SSSR count). The molecule has 2 unspecified atom stereocenters. The molecule has 6 nitrogen and oxygen atoms in total. The minimum Gasteiger partial charge on any atom is -0.466 e. The van der Waals surface area contributed by atoms with Crippen LogP contribution in [0.25, 0.3) is 0 Å². The number of ether oxygens (including phenoxy) is 1. The van der Waals surface area contributed by atoms with E-state index in [9.17, 15) is 19.8 Å². The molecule has 0 saturated heterocycles. The molecule has 1 amide bonds. The molecule has 0 fully saturated rings. The summed E-state index contributed by atoms with van der Waals surface area (Å²) in [4.78, 5) is 24.6. The molecular weight excluding hydrogens is 791 g/mol. The molecule has 0 spiro atoms. The van der Waals surface area contributed by atoms with Gasteiger partial charge in [0.05, 0.1) is 25.4 Å². The average Bonchev–Trinajstić information content (AvgIpc) is 3.29. The molecule has 380 valence electrons. The van der Waals surface area contributed by atoms with Crippen LogP contribution in [0.2, 0.25) is 0 Å². The third-order valence-corrected chi connectivity index (χ3v) is 13.6. The van der Waals surface area contributed by atoms with Crippen LogP contribution in [0, 0.1) is 0 Å². The van der Waals surface area contributed by atoms with Gasteiger partial charge in [0.15, 0.2) is 0 Å². The van der Waals surface area contributed by atoms with Gasteiger partial charge in [0.1, 0.15) is 0 Å². The van der Waals surface area contributed by atoms with Crippen molar-refractivity contribution in [3.63, 3.8) is 0 Å². The van der Waals surface area contributed by atoms with Gasteiger partial charge in [0, 0.05) is 12.8 Å². The van der Waals surface area contributed by atoms with Crippen LogP contribution in [-0.2, 0) is 14.3 Å². The zero-order chi connectivity index (χ0) is 46.5. The largest absolute Gasteiger partial charge is 0.466 e. The number of esters is 1. The number of hydrogen-bond acceptors (Lipinski definition) is 5. The van der Waals surface area contributed by atoms with Gasteiger partial charge < -0.3 is 20.3 Å². The first kappa shape index (κ1) is 62.6. The van der Waals surface area contributed by atoms with Gasteiger partial charge in [-0.25, -0.2) is 0 Å². The maximum Gasteiger partial charge on any atom is 0.305 e. The minimum atomic E-state index is -0.682. The molecule has 0 aliphatic rings. The summed E-state index contributed by atoms with van der Waals surface area (Å²) in [6.07, 6.45) is 63.4. The van der Waals surface area contributed by atoms with Gasteiger partial charge in [0.2, 0.25) is 5.91 Å². The van der Waals surface area contributed by atoms with Crippen LogP contribution in [0.4, 0.5) is 0 Å². The standard InChI is InChI=1S/C58H113NO5/c1-3-5-7-9-11-13-15-17-19-21-22-23-24-26-27-29-31-34-38-42-46-50-56(61)55(54-60)59-57(62)51-47-43-39-35-33-37-41-45-49-53-64-58(63)52-48-44-40-36-32-30-28-25-20-18-16-14-12-10-8-6-4-2/h18,20,55-56,60-61H,3-17,19,21-54H2,1-2H3,(H,59,62)/b20-18-. The Morgan fingerprint density at radius 3 is 1.11 bits per heavy atom. The smallest absolute Gasteiger partial charge is 0.305 e. The quantitative estimate of drug-likeness (QED) is 0.0321. The van der Waals surface area contributed by atoms with Crippen molar-refractivity contribution in [1.82, 2.24) is 5.32 Å². The topological polar surface area (TPSA) is 95.9 Å². The predicted octanol–water partition coefficient (Wildman–Crippen LogP) is 17.7. The summed E-state index contributed by atoms with van der Waals surface area (Å²) in [5.74, 6) is -0.0863. The molecule has 0 bridgehead atoms. The lowest BCUT2D eigenvalue weighted by molar-refractivity contribution is -0.143. The number of allylic oxidation sites excluding steroid dienone is 2. The Bertz CT molecular complexity index is 955. The number of amides is 1. The van der Waals surface area contributed by atoms with E-state index in [1.165, 1.54) is 231 Å². The van der Waals surface area contributed by atoms with Crippen LogP contribution in [0.15, 0.2) is 12.2 Å². The third kappa shape index (κ3) is 50.0. The minimum absolute atomic E-state index is 0.0270. The van der Waals surface area contributed by atoms with Gasteiger partial charge in [-0.15, -0.1) is 0 Å². The molecule has 0 radical (unpaired) electrons. The molecular formula is C58H113NO5. The number of rotatable bonds is 54. The third-order valence-electron chi connectivity index (χ3n) is 13.6. The molecule has 0 aromatic carbocycles. The SMILES string of the molecule is CCCCCCCC/C=C\CCCCCCCCCC(=O)OCCCCCCCCCCCC(=O)NC(CO)C(O)CCCCCCCCCCCCCCCCCCCCCCC. The first-order valence-electron chi connectivity index (χ1n) is 28.9. The molecule has 2 atom stereocenters. The van der Waals surface area contributed by atoms with E-state index in [4.69, 9.17) is 4.74 Å². The Kier molecular flexibility index (Phi) is 53.0. The van der Waals surface area contributed by atoms with Crippen LogP contribution in [-0.4, -0.2) is 47.4 Å². The Labute approximate surface area is 399 Å². The Morgan fingerprint density at radius 2 is 0.734 bits per heavy atom. The maximum absolute atomic E-state index is 12.5. The summed E-state index contributed by atoms with van der Waals surface area (Å²) >= 11 is 0. The van der Waals surface area contributed by atoms with E-state index < -0.39 is 12.1 Å². The van der Waals surface area contributed by atoms with Crippen molar-refractivity contribution in [1.29, 1.82) is 0 Å². The Balaban J connectivity index is 3.46. The fourth-order valence-corrected chi connectivity index (χ4v) is 9.11. The van der Waals surface area contributed by atoms with Gasteiger partial charge in [-0.1, -0.05) is 270 Å². The highest BCUT2D eigenvalue weighted by Gasteiger charge is 2.20. The number of carbonyl (C=O) groups is 2. The van der Waals surface area contributed by atoms with Crippen LogP contribution < -0.4 is 5.32 Å². The van der Waals surface area contributed by atoms with E-state index in [2.05, 4.69) is 31.3 Å². The second kappa shape index (κ2) is 54.2. The van der Waals surface area contributed by atoms with Crippen LogP contribution >= 0.6 is 0 Å². The molecule has 0 aliphatic heterocycles. The van der Waals surface area contributed by atoms with Crippen molar-refractivity contribution in [2.75, 3.05) is 13.2 Å². The number of nitrogens with one attached hydrogen (secondary N) is 1. The van der Waals surface area contributed by atoms with E-state index >= 15 is 0 Å². The van der Waals surface area contributed by atoms with Gasteiger partial charge in [0.25, 0.3) is 0 Å². The fourth-order valence-electron chi connectivity index (χ4n) is 9.11.